The van der Waals surface area contributed by atoms with E-state index >= 15 is 0 Å². The van der Waals surface area contributed by atoms with Crippen LogP contribution in [-0.4, -0.2) is 51.0 Å². The third kappa shape index (κ3) is 6.51. The van der Waals surface area contributed by atoms with E-state index in [1.165, 1.54) is 36.2 Å². The van der Waals surface area contributed by atoms with Crippen molar-refractivity contribution in [2.24, 2.45) is 0 Å². The number of carbonyl (C=O) groups excluding carboxylic acids is 2. The van der Waals surface area contributed by atoms with Crippen LogP contribution in [0.15, 0.2) is 53.0 Å². The second-order valence-corrected chi connectivity index (χ2v) is 9.67. The quantitative estimate of drug-likeness (QED) is 0.558. The average Bonchev–Trinajstić information content (AvgIpc) is 2.72. The monoisotopic (exact) mass is 513 g/mol. The van der Waals surface area contributed by atoms with Gasteiger partial charge in [-0.15, -0.1) is 0 Å². The molecule has 0 aromatic heterocycles. The molecule has 0 fully saturated rings. The van der Waals surface area contributed by atoms with Crippen molar-refractivity contribution >= 4 is 43.5 Å². The fraction of sp³-hybridized carbons (Fsp3) is 0.333. The Hall–Kier alpha value is -2.46. The van der Waals surface area contributed by atoms with E-state index in [4.69, 9.17) is 0 Å². The van der Waals surface area contributed by atoms with Gasteiger partial charge in [-0.25, -0.2) is 12.8 Å². The topological polar surface area (TPSA) is 86.8 Å². The highest BCUT2D eigenvalue weighted by Gasteiger charge is 2.31. The van der Waals surface area contributed by atoms with E-state index in [1.807, 2.05) is 0 Å². The number of benzene rings is 2. The minimum atomic E-state index is -3.80. The van der Waals surface area contributed by atoms with Crippen molar-refractivity contribution in [1.82, 2.24) is 10.2 Å². The molecule has 0 unspecified atom stereocenters. The van der Waals surface area contributed by atoms with Gasteiger partial charge in [-0.2, -0.15) is 0 Å². The van der Waals surface area contributed by atoms with Gasteiger partial charge in [0, 0.05) is 18.1 Å². The molecule has 2 aromatic carbocycles. The Bertz CT molecular complexity index is 1030. The van der Waals surface area contributed by atoms with Crippen LogP contribution in [0.25, 0.3) is 0 Å². The molecule has 1 atom stereocenters. The first-order valence-electron chi connectivity index (χ1n) is 9.56. The number of halogens is 2. The molecule has 2 rings (SSSR count). The van der Waals surface area contributed by atoms with E-state index in [9.17, 15) is 22.4 Å². The molecule has 1 N–H and O–H groups in total. The number of amides is 2. The lowest BCUT2D eigenvalue weighted by molar-refractivity contribution is -0.140. The van der Waals surface area contributed by atoms with E-state index in [2.05, 4.69) is 21.2 Å². The summed E-state index contributed by atoms with van der Waals surface area (Å²) in [5.74, 6) is -1.34. The van der Waals surface area contributed by atoms with Gasteiger partial charge in [-0.1, -0.05) is 31.2 Å². The number of nitrogens with zero attached hydrogens (tertiary/aromatic N) is 2. The second kappa shape index (κ2) is 10.7. The number of rotatable bonds is 9. The second-order valence-electron chi connectivity index (χ2n) is 6.91. The standard InChI is InChI=1S/C21H25BrFN3O4S/c1-4-18(21(28)24-2)25(13-15-9-11-16(23)12-10-15)20(27)14-26(31(3,29)30)19-8-6-5-7-17(19)22/h5-12,18H,4,13-14H2,1-3H3,(H,24,28)/t18-/m1/s1. The molecule has 168 valence electrons. The van der Waals surface area contributed by atoms with E-state index in [0.29, 0.717) is 22.1 Å². The van der Waals surface area contributed by atoms with Crippen LogP contribution in [0.4, 0.5) is 10.1 Å². The molecule has 31 heavy (non-hydrogen) atoms. The Morgan fingerprint density at radius 3 is 2.26 bits per heavy atom. The number of carbonyl (C=O) groups is 2. The first-order valence-corrected chi connectivity index (χ1v) is 12.2. The summed E-state index contributed by atoms with van der Waals surface area (Å²) in [5, 5.41) is 2.54. The summed E-state index contributed by atoms with van der Waals surface area (Å²) in [5.41, 5.74) is 0.928. The van der Waals surface area contributed by atoms with E-state index in [1.54, 1.807) is 31.2 Å². The van der Waals surface area contributed by atoms with Gasteiger partial charge in [-0.3, -0.25) is 13.9 Å². The summed E-state index contributed by atoms with van der Waals surface area (Å²) in [7, 11) is -2.33. The maximum atomic E-state index is 13.3. The lowest BCUT2D eigenvalue weighted by Crippen LogP contribution is -2.51. The van der Waals surface area contributed by atoms with Crippen molar-refractivity contribution in [3.63, 3.8) is 0 Å². The van der Waals surface area contributed by atoms with Gasteiger partial charge in [0.15, 0.2) is 0 Å². The Morgan fingerprint density at radius 2 is 1.74 bits per heavy atom. The zero-order valence-electron chi connectivity index (χ0n) is 17.5. The van der Waals surface area contributed by atoms with Crippen molar-refractivity contribution in [2.45, 2.75) is 25.9 Å². The minimum absolute atomic E-state index is 0.0264. The van der Waals surface area contributed by atoms with Crippen LogP contribution in [0.3, 0.4) is 0 Å². The fourth-order valence-corrected chi connectivity index (χ4v) is 4.60. The third-order valence-corrected chi connectivity index (χ3v) is 6.50. The number of hydrogen-bond donors (Lipinski definition) is 1. The minimum Gasteiger partial charge on any atom is -0.357 e. The Morgan fingerprint density at radius 1 is 1.13 bits per heavy atom. The Labute approximate surface area is 190 Å². The Kier molecular flexibility index (Phi) is 8.58. The zero-order valence-corrected chi connectivity index (χ0v) is 19.9. The number of nitrogens with one attached hydrogen (secondary N) is 1. The summed E-state index contributed by atoms with van der Waals surface area (Å²) >= 11 is 3.32. The van der Waals surface area contributed by atoms with Gasteiger partial charge >= 0.3 is 0 Å². The fourth-order valence-electron chi connectivity index (χ4n) is 3.12. The van der Waals surface area contributed by atoms with Crippen molar-refractivity contribution < 1.29 is 22.4 Å². The van der Waals surface area contributed by atoms with E-state index in [-0.39, 0.29) is 12.5 Å². The predicted molar refractivity (Wildman–Crippen MR) is 121 cm³/mol. The molecule has 0 radical (unpaired) electrons. The van der Waals surface area contributed by atoms with Crippen LogP contribution in [0.1, 0.15) is 18.9 Å². The summed E-state index contributed by atoms with van der Waals surface area (Å²) in [6.45, 7) is 1.29. The number of para-hydroxylation sites is 1. The number of likely N-dealkylation sites (N-methyl/N-ethyl adjacent to an activating group) is 1. The third-order valence-electron chi connectivity index (χ3n) is 4.70. The maximum absolute atomic E-state index is 13.3. The maximum Gasteiger partial charge on any atom is 0.244 e. The molecule has 2 amide bonds. The molecular formula is C21H25BrFN3O4S. The molecular weight excluding hydrogens is 489 g/mol. The van der Waals surface area contributed by atoms with Crippen molar-refractivity contribution in [2.75, 3.05) is 24.2 Å². The molecule has 0 saturated heterocycles. The smallest absolute Gasteiger partial charge is 0.244 e. The lowest BCUT2D eigenvalue weighted by atomic mass is 10.1. The van der Waals surface area contributed by atoms with Crippen LogP contribution >= 0.6 is 15.9 Å². The first kappa shape index (κ1) is 24.8. The molecule has 10 heteroatoms. The molecule has 0 spiro atoms. The largest absolute Gasteiger partial charge is 0.357 e. The van der Waals surface area contributed by atoms with Crippen molar-refractivity contribution in [3.05, 3.63) is 64.4 Å². The van der Waals surface area contributed by atoms with Gasteiger partial charge in [0.05, 0.1) is 11.9 Å². The number of hydrogen-bond acceptors (Lipinski definition) is 4. The van der Waals surface area contributed by atoms with E-state index in [0.717, 1.165) is 10.6 Å². The number of anilines is 1. The highest BCUT2D eigenvalue weighted by molar-refractivity contribution is 9.10. The van der Waals surface area contributed by atoms with Crippen LogP contribution in [0.2, 0.25) is 0 Å². The van der Waals surface area contributed by atoms with Gasteiger partial charge < -0.3 is 10.2 Å². The summed E-state index contributed by atoms with van der Waals surface area (Å²) in [4.78, 5) is 27.1. The lowest BCUT2D eigenvalue weighted by Gasteiger charge is -2.32. The Balaban J connectivity index is 2.43. The summed E-state index contributed by atoms with van der Waals surface area (Å²) in [6, 6.07) is 11.4. The molecule has 0 bridgehead atoms. The van der Waals surface area contributed by atoms with Gasteiger partial charge in [0.25, 0.3) is 0 Å². The molecule has 0 aliphatic carbocycles. The molecule has 0 aliphatic heterocycles. The zero-order chi connectivity index (χ0) is 23.2. The number of sulfonamides is 1. The van der Waals surface area contributed by atoms with Crippen molar-refractivity contribution in [3.8, 4) is 0 Å². The van der Waals surface area contributed by atoms with Crippen LogP contribution < -0.4 is 9.62 Å². The molecule has 0 heterocycles. The highest BCUT2D eigenvalue weighted by atomic mass is 79.9. The van der Waals surface area contributed by atoms with Crippen molar-refractivity contribution in [1.29, 1.82) is 0 Å². The van der Waals surface area contributed by atoms with Crippen LogP contribution in [0.5, 0.6) is 0 Å². The van der Waals surface area contributed by atoms with Gasteiger partial charge in [-0.05, 0) is 52.2 Å². The summed E-state index contributed by atoms with van der Waals surface area (Å²) < 4.78 is 39.8. The highest BCUT2D eigenvalue weighted by Crippen LogP contribution is 2.28. The molecule has 2 aromatic rings. The molecule has 7 nitrogen and oxygen atoms in total. The van der Waals surface area contributed by atoms with Crippen LogP contribution in [0, 0.1) is 5.82 Å². The summed E-state index contributed by atoms with van der Waals surface area (Å²) in [6.07, 6.45) is 1.33. The average molecular weight is 514 g/mol. The predicted octanol–water partition coefficient (Wildman–Crippen LogP) is 2.91. The van der Waals surface area contributed by atoms with Gasteiger partial charge in [0.1, 0.15) is 18.4 Å². The van der Waals surface area contributed by atoms with E-state index < -0.39 is 34.3 Å². The molecule has 0 saturated carbocycles. The normalized spacial score (nSPS) is 12.2. The van der Waals surface area contributed by atoms with Crippen LogP contribution in [-0.2, 0) is 26.2 Å². The molecule has 0 aliphatic rings. The van der Waals surface area contributed by atoms with Gasteiger partial charge in [0.2, 0.25) is 21.8 Å². The SMILES string of the molecule is CC[C@H](C(=O)NC)N(Cc1ccc(F)cc1)C(=O)CN(c1ccccc1Br)S(C)(=O)=O. The first-order chi connectivity index (χ1) is 14.6.